The Bertz CT molecular complexity index is 805. The lowest BCUT2D eigenvalue weighted by Crippen LogP contribution is -2.44. The summed E-state index contributed by atoms with van der Waals surface area (Å²) in [6, 6.07) is 6.83. The lowest BCUT2D eigenvalue weighted by molar-refractivity contribution is -0.120. The minimum absolute atomic E-state index is 0.0568. The highest BCUT2D eigenvalue weighted by Gasteiger charge is 2.25. The van der Waals surface area contributed by atoms with Crippen molar-refractivity contribution in [1.29, 1.82) is 0 Å². The number of carbonyl (C=O) groups excluding carboxylic acids is 2. The first-order valence-electron chi connectivity index (χ1n) is 9.24. The van der Waals surface area contributed by atoms with Gasteiger partial charge < -0.3 is 19.9 Å². The Kier molecular flexibility index (Phi) is 6.72. The summed E-state index contributed by atoms with van der Waals surface area (Å²) in [5.41, 5.74) is 0.521. The third kappa shape index (κ3) is 5.14. The number of ketones is 1. The Hall–Kier alpha value is -2.78. The molecule has 1 aliphatic heterocycles. The molecule has 1 aromatic carbocycles. The van der Waals surface area contributed by atoms with Crippen molar-refractivity contribution in [2.24, 2.45) is 0 Å². The van der Waals surface area contributed by atoms with Gasteiger partial charge in [-0.2, -0.15) is 4.98 Å². The number of piperazine rings is 1. The number of nitrogens with zero attached hydrogens (tertiary/aromatic N) is 3. The summed E-state index contributed by atoms with van der Waals surface area (Å²) >= 11 is 0. The first kappa shape index (κ1) is 20.0. The van der Waals surface area contributed by atoms with E-state index in [2.05, 4.69) is 25.7 Å². The van der Waals surface area contributed by atoms with E-state index in [1.54, 1.807) is 31.4 Å². The van der Waals surface area contributed by atoms with Gasteiger partial charge in [-0.05, 0) is 31.3 Å². The third-order valence-corrected chi connectivity index (χ3v) is 4.72. The van der Waals surface area contributed by atoms with Gasteiger partial charge in [-0.15, -0.1) is 0 Å². The van der Waals surface area contributed by atoms with Gasteiger partial charge in [0.25, 0.3) is 0 Å². The highest BCUT2D eigenvalue weighted by atomic mass is 16.5. The highest BCUT2D eigenvalue weighted by Crippen LogP contribution is 2.18. The number of hydrogen-bond donors (Lipinski definition) is 2. The lowest BCUT2D eigenvalue weighted by atomic mass is 10.1. The van der Waals surface area contributed by atoms with Gasteiger partial charge in [-0.3, -0.25) is 14.5 Å². The van der Waals surface area contributed by atoms with Crippen molar-refractivity contribution in [3.63, 3.8) is 0 Å². The molecule has 2 N–H and O–H groups in total. The summed E-state index contributed by atoms with van der Waals surface area (Å²) in [6.07, 6.45) is 0.510. The smallest absolute Gasteiger partial charge is 0.227 e. The predicted octanol–water partition coefficient (Wildman–Crippen LogP) is 0.586. The summed E-state index contributed by atoms with van der Waals surface area (Å²) < 4.78 is 10.3. The fraction of sp³-hybridized carbons (Fsp3) is 0.474. The van der Waals surface area contributed by atoms with Gasteiger partial charge in [0.05, 0.1) is 19.7 Å². The zero-order chi connectivity index (χ0) is 19.9. The molecule has 9 nitrogen and oxygen atoms in total. The molecular formula is C19H25N5O4. The first-order chi connectivity index (χ1) is 13.6. The topological polar surface area (TPSA) is 110 Å². The van der Waals surface area contributed by atoms with Crippen LogP contribution in [0.3, 0.4) is 0 Å². The quantitative estimate of drug-likeness (QED) is 0.633. The molecule has 3 rings (SSSR count). The number of aromatic nitrogens is 2. The number of hydrogen-bond acceptors (Lipinski definition) is 8. The van der Waals surface area contributed by atoms with E-state index in [-0.39, 0.29) is 30.7 Å². The number of nitrogens with one attached hydrogen (secondary N) is 2. The minimum Gasteiger partial charge on any atom is -0.497 e. The van der Waals surface area contributed by atoms with Crippen molar-refractivity contribution in [3.05, 3.63) is 41.5 Å². The second-order valence-corrected chi connectivity index (χ2v) is 6.68. The summed E-state index contributed by atoms with van der Waals surface area (Å²) in [7, 11) is 3.59. The normalized spacial score (nSPS) is 17.3. The number of likely N-dealkylation sites (N-methyl/N-ethyl adjacent to an activating group) is 1. The predicted molar refractivity (Wildman–Crippen MR) is 101 cm³/mol. The third-order valence-electron chi connectivity index (χ3n) is 4.72. The van der Waals surface area contributed by atoms with E-state index in [4.69, 9.17) is 9.26 Å². The maximum atomic E-state index is 12.1. The zero-order valence-corrected chi connectivity index (χ0v) is 16.1. The standard InChI is InChI=1S/C19H25N5O4/c1-24-10-9-20-11-15(24)19-22-18(28-23-19)8-7-17(26)21-12-16(25)13-3-5-14(27-2)6-4-13/h3-6,15,20H,7-12H2,1-2H3,(H,21,26). The molecule has 0 saturated carbocycles. The number of rotatable bonds is 8. The molecule has 1 aliphatic rings. The number of methoxy groups -OCH3 is 1. The molecule has 1 fully saturated rings. The molecule has 28 heavy (non-hydrogen) atoms. The van der Waals surface area contributed by atoms with Crippen LogP contribution >= 0.6 is 0 Å². The Morgan fingerprint density at radius 3 is 2.86 bits per heavy atom. The largest absolute Gasteiger partial charge is 0.497 e. The molecule has 1 amide bonds. The van der Waals surface area contributed by atoms with Crippen molar-refractivity contribution < 1.29 is 18.8 Å². The van der Waals surface area contributed by atoms with Crippen LogP contribution in [0.4, 0.5) is 0 Å². The molecule has 1 unspecified atom stereocenters. The van der Waals surface area contributed by atoms with E-state index >= 15 is 0 Å². The van der Waals surface area contributed by atoms with Crippen molar-refractivity contribution in [2.75, 3.05) is 40.3 Å². The van der Waals surface area contributed by atoms with Gasteiger partial charge in [-0.25, -0.2) is 0 Å². The fourth-order valence-corrected chi connectivity index (χ4v) is 2.97. The summed E-state index contributed by atoms with van der Waals surface area (Å²) in [4.78, 5) is 30.7. The average Bonchev–Trinajstić information content (AvgIpc) is 3.19. The minimum atomic E-state index is -0.238. The molecule has 0 spiro atoms. The van der Waals surface area contributed by atoms with Crippen LogP contribution in [0, 0.1) is 0 Å². The van der Waals surface area contributed by atoms with Gasteiger partial charge in [-0.1, -0.05) is 5.16 Å². The van der Waals surface area contributed by atoms with Crippen LogP contribution in [0.1, 0.15) is 34.5 Å². The Morgan fingerprint density at radius 2 is 2.14 bits per heavy atom. The summed E-state index contributed by atoms with van der Waals surface area (Å²) in [5, 5.41) is 9.97. The summed E-state index contributed by atoms with van der Waals surface area (Å²) in [5.74, 6) is 1.32. The van der Waals surface area contributed by atoms with Gasteiger partial charge in [0.2, 0.25) is 11.8 Å². The number of benzene rings is 1. The number of Topliss-reactive ketones (excluding diaryl/α,β-unsaturated/α-hetero) is 1. The number of ether oxygens (including phenoxy) is 1. The van der Waals surface area contributed by atoms with Crippen LogP contribution < -0.4 is 15.4 Å². The van der Waals surface area contributed by atoms with Crippen LogP contribution in [0.5, 0.6) is 5.75 Å². The van der Waals surface area contributed by atoms with Crippen LogP contribution in [-0.4, -0.2) is 67.1 Å². The second-order valence-electron chi connectivity index (χ2n) is 6.68. The van der Waals surface area contributed by atoms with Crippen molar-refractivity contribution in [3.8, 4) is 5.75 Å². The molecule has 2 heterocycles. The zero-order valence-electron chi connectivity index (χ0n) is 16.1. The Balaban J connectivity index is 1.43. The molecule has 150 valence electrons. The monoisotopic (exact) mass is 387 g/mol. The lowest BCUT2D eigenvalue weighted by Gasteiger charge is -2.30. The van der Waals surface area contributed by atoms with Crippen molar-refractivity contribution in [1.82, 2.24) is 25.7 Å². The fourth-order valence-electron chi connectivity index (χ4n) is 2.97. The first-order valence-corrected chi connectivity index (χ1v) is 9.24. The van der Waals surface area contributed by atoms with E-state index in [1.807, 2.05) is 7.05 Å². The number of carbonyl (C=O) groups is 2. The van der Waals surface area contributed by atoms with E-state index in [1.165, 1.54) is 0 Å². The van der Waals surface area contributed by atoms with Crippen molar-refractivity contribution in [2.45, 2.75) is 18.9 Å². The SMILES string of the molecule is COc1ccc(C(=O)CNC(=O)CCc2nc(C3CNCCN3C)no2)cc1. The number of aryl methyl sites for hydroxylation is 1. The molecule has 1 saturated heterocycles. The van der Waals surface area contributed by atoms with Crippen LogP contribution in [-0.2, 0) is 11.2 Å². The van der Waals surface area contributed by atoms with E-state index in [0.717, 1.165) is 19.6 Å². The molecule has 0 radical (unpaired) electrons. The second kappa shape index (κ2) is 9.43. The maximum Gasteiger partial charge on any atom is 0.227 e. The maximum absolute atomic E-state index is 12.1. The van der Waals surface area contributed by atoms with Crippen LogP contribution in [0.2, 0.25) is 0 Å². The Labute approximate surface area is 163 Å². The van der Waals surface area contributed by atoms with E-state index in [0.29, 0.717) is 29.4 Å². The molecular weight excluding hydrogens is 362 g/mol. The van der Waals surface area contributed by atoms with E-state index < -0.39 is 0 Å². The van der Waals surface area contributed by atoms with Crippen LogP contribution in [0.15, 0.2) is 28.8 Å². The molecule has 1 atom stereocenters. The molecule has 1 aromatic heterocycles. The summed E-state index contributed by atoms with van der Waals surface area (Å²) in [6.45, 7) is 2.56. The van der Waals surface area contributed by atoms with E-state index in [9.17, 15) is 9.59 Å². The van der Waals surface area contributed by atoms with Gasteiger partial charge >= 0.3 is 0 Å². The molecule has 0 aliphatic carbocycles. The number of amides is 1. The Morgan fingerprint density at radius 1 is 1.36 bits per heavy atom. The van der Waals surface area contributed by atoms with Gasteiger partial charge in [0.1, 0.15) is 5.75 Å². The van der Waals surface area contributed by atoms with Gasteiger partial charge in [0.15, 0.2) is 11.6 Å². The van der Waals surface area contributed by atoms with Crippen LogP contribution in [0.25, 0.3) is 0 Å². The molecule has 9 heteroatoms. The van der Waals surface area contributed by atoms with Gasteiger partial charge in [0, 0.05) is 38.0 Å². The highest BCUT2D eigenvalue weighted by molar-refractivity contribution is 5.99. The van der Waals surface area contributed by atoms with Crippen molar-refractivity contribution >= 4 is 11.7 Å². The molecule has 0 bridgehead atoms. The average molecular weight is 387 g/mol. The molecule has 2 aromatic rings.